The second kappa shape index (κ2) is 5.49. The van der Waals surface area contributed by atoms with Crippen LogP contribution in [0.1, 0.15) is 0 Å². The Morgan fingerprint density at radius 3 is 2.63 bits per heavy atom. The first-order valence-corrected chi connectivity index (χ1v) is 7.43. The minimum absolute atomic E-state index is 0.0393. The van der Waals surface area contributed by atoms with Crippen LogP contribution in [-0.4, -0.2) is 43.5 Å². The molecule has 1 aliphatic rings. The minimum Gasteiger partial charge on any atom is -0.391 e. The summed E-state index contributed by atoms with van der Waals surface area (Å²) in [5, 5.41) is 0. The maximum absolute atomic E-state index is 12.8. The molecule has 0 saturated carbocycles. The average Bonchev–Trinajstić information content (AvgIpc) is 2.39. The minimum atomic E-state index is -3.67. The fraction of sp³-hybridized carbons (Fsp3) is 0.364. The average molecular weight is 304 g/mol. The molecule has 0 spiro atoms. The Labute approximate surface area is 116 Å². The quantitative estimate of drug-likeness (QED) is 0.823. The van der Waals surface area contributed by atoms with E-state index >= 15 is 0 Å². The third-order valence-corrected chi connectivity index (χ3v) is 4.94. The summed E-state index contributed by atoms with van der Waals surface area (Å²) in [5.41, 5.74) is 5.47. The maximum Gasteiger partial charge on any atom is 0.243 e. The molecule has 5 nitrogen and oxygen atoms in total. The summed E-state index contributed by atoms with van der Waals surface area (Å²) >= 11 is 4.81. The van der Waals surface area contributed by atoms with Gasteiger partial charge in [0.2, 0.25) is 10.0 Å². The first-order valence-electron chi connectivity index (χ1n) is 5.58. The topological polar surface area (TPSA) is 72.6 Å². The van der Waals surface area contributed by atoms with E-state index in [2.05, 4.69) is 0 Å². The Balaban J connectivity index is 2.24. The van der Waals surface area contributed by atoms with Gasteiger partial charge in [-0.3, -0.25) is 0 Å². The molecule has 2 rings (SSSR count). The number of nitrogens with zero attached hydrogens (tertiary/aromatic N) is 1. The molecule has 0 amide bonds. The molecule has 2 N–H and O–H groups in total. The summed E-state index contributed by atoms with van der Waals surface area (Å²) in [6.45, 7) is 0.524. The Hall–Kier alpha value is -1.09. The normalized spacial score (nSPS) is 21.2. The number of nitrogens with two attached hydrogens (primary N) is 1. The fourth-order valence-corrected chi connectivity index (χ4v) is 3.34. The molecule has 8 heteroatoms. The summed E-state index contributed by atoms with van der Waals surface area (Å²) in [6.07, 6.45) is -0.584. The van der Waals surface area contributed by atoms with Crippen LogP contribution < -0.4 is 5.73 Å². The van der Waals surface area contributed by atoms with Crippen LogP contribution in [0.25, 0.3) is 0 Å². The van der Waals surface area contributed by atoms with Crippen molar-refractivity contribution >= 4 is 27.2 Å². The lowest BCUT2D eigenvalue weighted by Crippen LogP contribution is -2.49. The molecule has 104 valence electrons. The summed E-state index contributed by atoms with van der Waals surface area (Å²) in [7, 11) is -3.67. The van der Waals surface area contributed by atoms with Gasteiger partial charge in [0.25, 0.3) is 0 Å². The van der Waals surface area contributed by atoms with E-state index in [1.807, 2.05) is 0 Å². The van der Waals surface area contributed by atoms with E-state index in [1.165, 1.54) is 16.4 Å². The van der Waals surface area contributed by atoms with Crippen LogP contribution in [0.2, 0.25) is 0 Å². The second-order valence-corrected chi connectivity index (χ2v) is 6.49. The van der Waals surface area contributed by atoms with Crippen molar-refractivity contribution in [2.24, 2.45) is 5.73 Å². The molecule has 1 aromatic rings. The maximum atomic E-state index is 12.8. The number of halogens is 1. The van der Waals surface area contributed by atoms with Gasteiger partial charge in [-0.05, 0) is 24.3 Å². The van der Waals surface area contributed by atoms with Gasteiger partial charge in [0.1, 0.15) is 16.9 Å². The van der Waals surface area contributed by atoms with Crippen molar-refractivity contribution in [1.82, 2.24) is 4.31 Å². The highest BCUT2D eigenvalue weighted by Crippen LogP contribution is 2.19. The van der Waals surface area contributed by atoms with Crippen molar-refractivity contribution in [2.45, 2.75) is 11.0 Å². The molecular weight excluding hydrogens is 291 g/mol. The van der Waals surface area contributed by atoms with Crippen molar-refractivity contribution in [3.05, 3.63) is 30.1 Å². The summed E-state index contributed by atoms with van der Waals surface area (Å²) in [5.74, 6) is -0.484. The van der Waals surface area contributed by atoms with Crippen LogP contribution in [0.3, 0.4) is 0 Å². The van der Waals surface area contributed by atoms with E-state index in [0.717, 1.165) is 12.1 Å². The van der Waals surface area contributed by atoms with Gasteiger partial charge in [0.15, 0.2) is 0 Å². The first kappa shape index (κ1) is 14.3. The molecule has 1 fully saturated rings. The highest BCUT2D eigenvalue weighted by molar-refractivity contribution is 7.89. The Bertz CT molecular complexity index is 574. The van der Waals surface area contributed by atoms with Crippen molar-refractivity contribution < 1.29 is 17.5 Å². The van der Waals surface area contributed by atoms with Gasteiger partial charge in [0, 0.05) is 13.1 Å². The van der Waals surface area contributed by atoms with Crippen LogP contribution in [0.5, 0.6) is 0 Å². The fourth-order valence-electron chi connectivity index (χ4n) is 1.77. The van der Waals surface area contributed by atoms with Gasteiger partial charge in [-0.1, -0.05) is 12.2 Å². The van der Waals surface area contributed by atoms with Crippen molar-refractivity contribution in [1.29, 1.82) is 0 Å². The van der Waals surface area contributed by atoms with Crippen molar-refractivity contribution in [2.75, 3.05) is 19.7 Å². The van der Waals surface area contributed by atoms with Crippen molar-refractivity contribution in [3.63, 3.8) is 0 Å². The highest BCUT2D eigenvalue weighted by Gasteiger charge is 2.31. The number of hydrogen-bond acceptors (Lipinski definition) is 4. The van der Waals surface area contributed by atoms with Gasteiger partial charge in [-0.25, -0.2) is 12.8 Å². The van der Waals surface area contributed by atoms with Crippen LogP contribution in [0, 0.1) is 5.82 Å². The molecule has 1 saturated heterocycles. The Morgan fingerprint density at radius 1 is 1.42 bits per heavy atom. The van der Waals surface area contributed by atoms with E-state index in [-0.39, 0.29) is 29.6 Å². The molecule has 0 radical (unpaired) electrons. The molecule has 1 unspecified atom stereocenters. The lowest BCUT2D eigenvalue weighted by molar-refractivity contribution is 0.0386. The van der Waals surface area contributed by atoms with E-state index in [9.17, 15) is 12.8 Å². The molecule has 1 heterocycles. The predicted molar refractivity (Wildman–Crippen MR) is 71.7 cm³/mol. The molecule has 0 aromatic heterocycles. The van der Waals surface area contributed by atoms with Crippen molar-refractivity contribution in [3.8, 4) is 0 Å². The summed E-state index contributed by atoms with van der Waals surface area (Å²) in [6, 6.07) is 4.68. The molecule has 1 aliphatic heterocycles. The number of morpholine rings is 1. The zero-order chi connectivity index (χ0) is 14.0. The first-order chi connectivity index (χ1) is 8.91. The zero-order valence-electron chi connectivity index (χ0n) is 9.95. The van der Waals surface area contributed by atoms with Gasteiger partial charge in [-0.2, -0.15) is 4.31 Å². The highest BCUT2D eigenvalue weighted by atomic mass is 32.2. The number of benzene rings is 1. The molecule has 0 aliphatic carbocycles. The Kier molecular flexibility index (Phi) is 4.14. The van der Waals surface area contributed by atoms with Crippen LogP contribution in [-0.2, 0) is 14.8 Å². The standard InChI is InChI=1S/C11H13FN2O3S2/c12-8-1-3-9(4-2-8)19(15,16)14-5-6-17-10(7-14)11(13)18/h1-4,10H,5-7H2,(H2,13,18). The summed E-state index contributed by atoms with van der Waals surface area (Å²) < 4.78 is 44.0. The third-order valence-electron chi connectivity index (χ3n) is 2.80. The van der Waals surface area contributed by atoms with Gasteiger partial charge < -0.3 is 10.5 Å². The van der Waals surface area contributed by atoms with Gasteiger partial charge >= 0.3 is 0 Å². The van der Waals surface area contributed by atoms with Crippen LogP contribution >= 0.6 is 12.2 Å². The lowest BCUT2D eigenvalue weighted by Gasteiger charge is -2.31. The van der Waals surface area contributed by atoms with E-state index < -0.39 is 21.9 Å². The number of ether oxygens (including phenoxy) is 1. The second-order valence-electron chi connectivity index (χ2n) is 4.08. The molecule has 0 bridgehead atoms. The van der Waals surface area contributed by atoms with Gasteiger partial charge in [0.05, 0.1) is 11.5 Å². The molecule has 19 heavy (non-hydrogen) atoms. The summed E-state index contributed by atoms with van der Waals surface area (Å²) in [4.78, 5) is 0.163. The zero-order valence-corrected chi connectivity index (χ0v) is 11.6. The molecular formula is C11H13FN2O3S2. The predicted octanol–water partition coefficient (Wildman–Crippen LogP) is 0.501. The monoisotopic (exact) mass is 304 g/mol. The number of sulfonamides is 1. The smallest absolute Gasteiger partial charge is 0.243 e. The van der Waals surface area contributed by atoms with E-state index in [1.54, 1.807) is 0 Å². The molecule has 1 atom stereocenters. The van der Waals surface area contributed by atoms with E-state index in [4.69, 9.17) is 22.7 Å². The van der Waals surface area contributed by atoms with Crippen LogP contribution in [0.4, 0.5) is 4.39 Å². The van der Waals surface area contributed by atoms with Gasteiger partial charge in [-0.15, -0.1) is 0 Å². The SMILES string of the molecule is NC(=S)C1CN(S(=O)(=O)c2ccc(F)cc2)CCO1. The number of thiocarbonyl (C=S) groups is 1. The molecule has 1 aromatic carbocycles. The third kappa shape index (κ3) is 3.08. The number of rotatable bonds is 3. The van der Waals surface area contributed by atoms with E-state index in [0.29, 0.717) is 0 Å². The Morgan fingerprint density at radius 2 is 2.05 bits per heavy atom. The largest absolute Gasteiger partial charge is 0.391 e. The van der Waals surface area contributed by atoms with Crippen LogP contribution in [0.15, 0.2) is 29.2 Å². The number of hydrogen-bond donors (Lipinski definition) is 1. The lowest BCUT2D eigenvalue weighted by atomic mass is 10.3.